The molecule has 0 aromatic heterocycles. The van der Waals surface area contributed by atoms with Crippen molar-refractivity contribution in [2.45, 2.75) is 105 Å². The van der Waals surface area contributed by atoms with E-state index in [1.54, 1.807) is 22.3 Å². The van der Waals surface area contributed by atoms with Crippen molar-refractivity contribution in [1.29, 1.82) is 0 Å². The van der Waals surface area contributed by atoms with Gasteiger partial charge in [-0.2, -0.15) is 0 Å². The molecule has 0 bridgehead atoms. The van der Waals surface area contributed by atoms with Crippen molar-refractivity contribution in [2.24, 2.45) is 5.92 Å². The van der Waals surface area contributed by atoms with Crippen molar-refractivity contribution in [3.05, 3.63) is 34.4 Å². The van der Waals surface area contributed by atoms with Gasteiger partial charge in [0.25, 0.3) is 0 Å². The number of rotatable bonds is 10. The van der Waals surface area contributed by atoms with Crippen LogP contribution in [0.5, 0.6) is 0 Å². The van der Waals surface area contributed by atoms with Crippen LogP contribution in [0.25, 0.3) is 0 Å². The Labute approximate surface area is 146 Å². The van der Waals surface area contributed by atoms with Gasteiger partial charge in [0, 0.05) is 0 Å². The predicted octanol–water partition coefficient (Wildman–Crippen LogP) is 7.64. The van der Waals surface area contributed by atoms with Gasteiger partial charge in [-0.3, -0.25) is 0 Å². The van der Waals surface area contributed by atoms with Gasteiger partial charge in [0.1, 0.15) is 0 Å². The first-order chi connectivity index (χ1) is 11.0. The highest BCUT2D eigenvalue weighted by molar-refractivity contribution is 5.45. The van der Waals surface area contributed by atoms with Crippen LogP contribution in [0.4, 0.5) is 0 Å². The van der Waals surface area contributed by atoms with E-state index in [4.69, 9.17) is 0 Å². The summed E-state index contributed by atoms with van der Waals surface area (Å²) < 4.78 is 0. The Morgan fingerprint density at radius 1 is 0.870 bits per heavy atom. The molecule has 1 unspecified atom stereocenters. The summed E-state index contributed by atoms with van der Waals surface area (Å²) in [6.45, 7) is 16.5. The lowest BCUT2D eigenvalue weighted by molar-refractivity contribution is 0.578. The molecule has 0 spiro atoms. The topological polar surface area (TPSA) is 0 Å². The minimum absolute atomic E-state index is 0.699. The van der Waals surface area contributed by atoms with Gasteiger partial charge in [-0.1, -0.05) is 67.0 Å². The fourth-order valence-electron chi connectivity index (χ4n) is 4.07. The molecule has 1 aromatic rings. The van der Waals surface area contributed by atoms with E-state index < -0.39 is 0 Å². The van der Waals surface area contributed by atoms with Crippen LogP contribution in [0.15, 0.2) is 12.1 Å². The van der Waals surface area contributed by atoms with Gasteiger partial charge >= 0.3 is 0 Å². The van der Waals surface area contributed by atoms with E-state index in [-0.39, 0.29) is 0 Å². The Hall–Kier alpha value is -0.780. The lowest BCUT2D eigenvalue weighted by Gasteiger charge is -2.27. The van der Waals surface area contributed by atoms with Gasteiger partial charge in [0.2, 0.25) is 0 Å². The molecule has 132 valence electrons. The van der Waals surface area contributed by atoms with Gasteiger partial charge in [0.05, 0.1) is 0 Å². The van der Waals surface area contributed by atoms with Gasteiger partial charge in [-0.25, -0.2) is 0 Å². The zero-order valence-corrected chi connectivity index (χ0v) is 16.8. The maximum absolute atomic E-state index is 2.48. The molecule has 0 heteroatoms. The Balaban J connectivity index is 3.36. The van der Waals surface area contributed by atoms with E-state index in [0.29, 0.717) is 5.92 Å². The lowest BCUT2D eigenvalue weighted by Crippen LogP contribution is -2.11. The fraction of sp³-hybridized carbons (Fsp3) is 0.739. The van der Waals surface area contributed by atoms with Crippen molar-refractivity contribution in [1.82, 2.24) is 0 Å². The molecule has 0 saturated heterocycles. The SMILES string of the molecule is CCCC(C)c1c(C(CC)CC)ccc(CCC(C)C)c1CC. The summed E-state index contributed by atoms with van der Waals surface area (Å²) in [5.41, 5.74) is 6.66. The molecule has 1 rings (SSSR count). The molecular weight excluding hydrogens is 276 g/mol. The molecule has 0 fully saturated rings. The van der Waals surface area contributed by atoms with E-state index in [2.05, 4.69) is 60.6 Å². The number of benzene rings is 1. The summed E-state index contributed by atoms with van der Waals surface area (Å²) in [4.78, 5) is 0. The van der Waals surface area contributed by atoms with Crippen molar-refractivity contribution in [3.63, 3.8) is 0 Å². The van der Waals surface area contributed by atoms with Crippen LogP contribution in [0.1, 0.15) is 115 Å². The smallest absolute Gasteiger partial charge is 0.0164 e. The molecule has 0 aliphatic heterocycles. The first-order valence-electron chi connectivity index (χ1n) is 10.1. The van der Waals surface area contributed by atoms with Crippen LogP contribution in [0, 0.1) is 5.92 Å². The van der Waals surface area contributed by atoms with E-state index in [1.807, 2.05) is 0 Å². The Bertz CT molecular complexity index is 451. The van der Waals surface area contributed by atoms with Crippen LogP contribution < -0.4 is 0 Å². The predicted molar refractivity (Wildman–Crippen MR) is 106 cm³/mol. The van der Waals surface area contributed by atoms with Gasteiger partial charge in [-0.05, 0) is 78.5 Å². The van der Waals surface area contributed by atoms with Crippen LogP contribution in [0.3, 0.4) is 0 Å². The quantitative estimate of drug-likeness (QED) is 0.416. The minimum Gasteiger partial charge on any atom is -0.0654 e. The molecule has 1 atom stereocenters. The summed E-state index contributed by atoms with van der Waals surface area (Å²) in [6.07, 6.45) is 8.85. The van der Waals surface area contributed by atoms with Crippen LogP contribution in [0.2, 0.25) is 0 Å². The van der Waals surface area contributed by atoms with Crippen LogP contribution >= 0.6 is 0 Å². The highest BCUT2D eigenvalue weighted by Gasteiger charge is 2.21. The highest BCUT2D eigenvalue weighted by Crippen LogP contribution is 2.37. The second kappa shape index (κ2) is 10.2. The van der Waals surface area contributed by atoms with Crippen LogP contribution in [-0.2, 0) is 12.8 Å². The zero-order valence-electron chi connectivity index (χ0n) is 16.8. The second-order valence-electron chi connectivity index (χ2n) is 7.70. The molecule has 0 saturated carbocycles. The first-order valence-corrected chi connectivity index (χ1v) is 10.1. The molecular formula is C23H40. The third-order valence-electron chi connectivity index (χ3n) is 5.47. The van der Waals surface area contributed by atoms with Gasteiger partial charge in [-0.15, -0.1) is 0 Å². The highest BCUT2D eigenvalue weighted by atomic mass is 14.3. The van der Waals surface area contributed by atoms with Crippen molar-refractivity contribution >= 4 is 0 Å². The molecule has 0 heterocycles. The third-order valence-corrected chi connectivity index (χ3v) is 5.47. The molecule has 0 amide bonds. The molecule has 0 N–H and O–H groups in total. The van der Waals surface area contributed by atoms with E-state index in [9.17, 15) is 0 Å². The molecule has 0 aliphatic rings. The molecule has 23 heavy (non-hydrogen) atoms. The monoisotopic (exact) mass is 316 g/mol. The van der Waals surface area contributed by atoms with E-state index >= 15 is 0 Å². The summed E-state index contributed by atoms with van der Waals surface area (Å²) in [5.74, 6) is 2.22. The second-order valence-corrected chi connectivity index (χ2v) is 7.70. The van der Waals surface area contributed by atoms with E-state index in [0.717, 1.165) is 11.8 Å². The zero-order chi connectivity index (χ0) is 17.4. The normalized spacial score (nSPS) is 13.1. The number of aryl methyl sites for hydroxylation is 1. The summed E-state index contributed by atoms with van der Waals surface area (Å²) in [7, 11) is 0. The molecule has 0 nitrogen and oxygen atoms in total. The summed E-state index contributed by atoms with van der Waals surface area (Å²) in [6, 6.07) is 4.94. The lowest BCUT2D eigenvalue weighted by atomic mass is 9.78. The average Bonchev–Trinajstić information content (AvgIpc) is 2.53. The Morgan fingerprint density at radius 2 is 1.52 bits per heavy atom. The molecule has 1 aromatic carbocycles. The average molecular weight is 317 g/mol. The Morgan fingerprint density at radius 3 is 2.00 bits per heavy atom. The maximum Gasteiger partial charge on any atom is -0.0164 e. The largest absolute Gasteiger partial charge is 0.0654 e. The number of hydrogen-bond donors (Lipinski definition) is 0. The summed E-state index contributed by atoms with van der Waals surface area (Å²) >= 11 is 0. The molecule has 0 radical (unpaired) electrons. The summed E-state index contributed by atoms with van der Waals surface area (Å²) in [5, 5.41) is 0. The maximum atomic E-state index is 2.48. The minimum atomic E-state index is 0.699. The Kier molecular flexibility index (Phi) is 8.95. The van der Waals surface area contributed by atoms with Crippen LogP contribution in [-0.4, -0.2) is 0 Å². The standard InChI is InChI=1S/C23H40/c1-8-12-18(7)23-21(11-4)20(14-13-17(5)6)15-16-22(23)19(9-2)10-3/h15-19H,8-14H2,1-7H3. The molecule has 0 aliphatic carbocycles. The van der Waals surface area contributed by atoms with Gasteiger partial charge in [0.15, 0.2) is 0 Å². The third kappa shape index (κ3) is 5.37. The van der Waals surface area contributed by atoms with Crippen molar-refractivity contribution in [3.8, 4) is 0 Å². The fourth-order valence-corrected chi connectivity index (χ4v) is 4.07. The van der Waals surface area contributed by atoms with Crippen molar-refractivity contribution < 1.29 is 0 Å². The van der Waals surface area contributed by atoms with Gasteiger partial charge < -0.3 is 0 Å². The van der Waals surface area contributed by atoms with E-state index in [1.165, 1.54) is 44.9 Å². The first kappa shape index (κ1) is 20.3. The van der Waals surface area contributed by atoms with Crippen molar-refractivity contribution in [2.75, 3.05) is 0 Å². The number of hydrogen-bond acceptors (Lipinski definition) is 0.